The molecule has 3 fully saturated rings. The Kier molecular flexibility index (Phi) is 12.9. The smallest absolute Gasteiger partial charge is 0.444 e. The first kappa shape index (κ1) is 30.0. The Morgan fingerprint density at radius 1 is 0.938 bits per heavy atom. The molecule has 3 saturated carbocycles. The summed E-state index contributed by atoms with van der Waals surface area (Å²) in [6.45, 7) is 11.5. The van der Waals surface area contributed by atoms with Crippen LogP contribution in [0.4, 0.5) is 4.79 Å². The molecule has 0 spiro atoms. The van der Waals surface area contributed by atoms with Crippen LogP contribution in [0.15, 0.2) is 0 Å². The van der Waals surface area contributed by atoms with Crippen LogP contribution in [0.3, 0.4) is 0 Å². The Labute approximate surface area is 211 Å². The van der Waals surface area contributed by atoms with E-state index in [1.807, 2.05) is 92.9 Å². The van der Waals surface area contributed by atoms with Crippen LogP contribution in [0.25, 0.3) is 0 Å². The molecule has 0 aromatic carbocycles. The molecule has 4 nitrogen and oxygen atoms in total. The Morgan fingerprint density at radius 3 is 1.94 bits per heavy atom. The summed E-state index contributed by atoms with van der Waals surface area (Å²) in [7, 11) is -1.13. The second-order valence-electron chi connectivity index (χ2n) is 10.2. The molecule has 0 bridgehead atoms. The Bertz CT molecular complexity index is 567. The fourth-order valence-corrected chi connectivity index (χ4v) is 5.12. The average molecular weight is 502 g/mol. The molecule has 0 unspecified atom stereocenters. The number of amides is 1. The van der Waals surface area contributed by atoms with Gasteiger partial charge in [0.05, 0.1) is 5.25 Å². The number of rotatable bonds is 4. The van der Waals surface area contributed by atoms with Gasteiger partial charge in [-0.25, -0.2) is 4.79 Å². The van der Waals surface area contributed by atoms with Crippen molar-refractivity contribution in [2.24, 2.45) is 5.92 Å². The van der Waals surface area contributed by atoms with E-state index < -0.39 is 22.5 Å². The number of ether oxygens (including phenoxy) is 1. The van der Waals surface area contributed by atoms with Crippen LogP contribution in [0, 0.1) is 68.5 Å². The summed E-state index contributed by atoms with van der Waals surface area (Å²) >= 11 is 0. The Morgan fingerprint density at radius 2 is 1.47 bits per heavy atom. The van der Waals surface area contributed by atoms with E-state index in [2.05, 4.69) is 5.32 Å². The summed E-state index contributed by atoms with van der Waals surface area (Å²) in [5.41, 5.74) is -0.537. The summed E-state index contributed by atoms with van der Waals surface area (Å²) in [5, 5.41) is 3.93. The predicted molar refractivity (Wildman–Crippen MR) is 129 cm³/mol. The van der Waals surface area contributed by atoms with Crippen LogP contribution in [0.2, 0.25) is 0 Å². The van der Waals surface area contributed by atoms with E-state index in [0.29, 0.717) is 5.92 Å². The third-order valence-corrected chi connectivity index (χ3v) is 7.13. The molecule has 32 heavy (non-hydrogen) atoms. The van der Waals surface area contributed by atoms with Crippen molar-refractivity contribution < 1.29 is 30.8 Å². The standard InChI is InChI=1S/C21H34NO3S.C5H5.Fe/c1-20(2,3)25-19(23)22-18(15-11-8-7-9-12-15)16-13-10-14-17(16)26(24)21(4,5)6;1-2-4-5-3-1;/h10,13-15,18H,7-9,11-12H2,1-6H3,(H,22,23);1-5H;/q;;+2/t18-,26+;;/m0../s1. The maximum atomic E-state index is 13.0. The van der Waals surface area contributed by atoms with Gasteiger partial charge >= 0.3 is 23.2 Å². The van der Waals surface area contributed by atoms with E-state index in [0.717, 1.165) is 24.0 Å². The molecule has 6 heteroatoms. The molecule has 0 saturated heterocycles. The van der Waals surface area contributed by atoms with Crippen LogP contribution >= 0.6 is 0 Å². The molecule has 3 aliphatic rings. The molecule has 0 aromatic heterocycles. The molecular formula is C26H39FeNO3S+2. The zero-order valence-electron chi connectivity index (χ0n) is 20.3. The third kappa shape index (κ3) is 10.1. The molecule has 10 radical (unpaired) electrons. The maximum absolute atomic E-state index is 13.0. The molecule has 178 valence electrons. The second-order valence-corrected chi connectivity index (χ2v) is 12.4. The van der Waals surface area contributed by atoms with E-state index in [4.69, 9.17) is 4.74 Å². The molecule has 1 N–H and O–H groups in total. The van der Waals surface area contributed by atoms with E-state index in [1.54, 1.807) is 0 Å². The first-order valence-electron chi connectivity index (χ1n) is 11.3. The number of alkyl carbamates (subject to hydrolysis) is 1. The summed E-state index contributed by atoms with van der Waals surface area (Å²) in [6.07, 6.45) is 21.2. The van der Waals surface area contributed by atoms with Gasteiger partial charge in [0.1, 0.15) is 5.60 Å². The average Bonchev–Trinajstić information content (AvgIpc) is 3.38. The SMILES string of the molecule is CC(C)(C)OC(=O)N[C@H]([C]1[CH][CH][CH][C]1[S@@](=O)C(C)(C)C)C1CCCCC1.[CH]1[CH][CH][CH][CH]1.[Fe+2]. The first-order valence-corrected chi connectivity index (χ1v) is 12.5. The molecule has 0 aromatic rings. The molecule has 1 amide bonds. The van der Waals surface area contributed by atoms with Crippen LogP contribution < -0.4 is 5.32 Å². The molecule has 3 rings (SSSR count). The van der Waals surface area contributed by atoms with Crippen molar-refractivity contribution in [3.63, 3.8) is 0 Å². The summed E-state index contributed by atoms with van der Waals surface area (Å²) < 4.78 is 18.2. The van der Waals surface area contributed by atoms with Gasteiger partial charge in [0, 0.05) is 27.5 Å². The van der Waals surface area contributed by atoms with Crippen LogP contribution in [-0.2, 0) is 32.6 Å². The third-order valence-electron chi connectivity index (χ3n) is 5.25. The van der Waals surface area contributed by atoms with Crippen molar-refractivity contribution in [3.8, 4) is 0 Å². The molecule has 3 aliphatic carbocycles. The van der Waals surface area contributed by atoms with Crippen molar-refractivity contribution in [2.45, 2.75) is 90.0 Å². The fraction of sp³-hybridized carbons (Fsp3) is 0.577. The van der Waals surface area contributed by atoms with Gasteiger partial charge in [-0.15, -0.1) is 0 Å². The number of carbonyl (C=O) groups is 1. The maximum Gasteiger partial charge on any atom is 2.00 e. The van der Waals surface area contributed by atoms with E-state index in [9.17, 15) is 9.00 Å². The first-order chi connectivity index (χ1) is 14.5. The number of carbonyl (C=O) groups excluding carboxylic acids is 1. The van der Waals surface area contributed by atoms with Gasteiger partial charge in [-0.3, -0.25) is 4.21 Å². The number of nitrogens with one attached hydrogen (secondary N) is 1. The van der Waals surface area contributed by atoms with Gasteiger partial charge in [-0.05, 0) is 112 Å². The van der Waals surface area contributed by atoms with Crippen LogP contribution in [-0.4, -0.2) is 26.7 Å². The monoisotopic (exact) mass is 501 g/mol. The quantitative estimate of drug-likeness (QED) is 0.499. The fourth-order valence-electron chi connectivity index (χ4n) is 3.85. The van der Waals surface area contributed by atoms with Crippen molar-refractivity contribution in [3.05, 3.63) is 62.5 Å². The van der Waals surface area contributed by atoms with Gasteiger partial charge in [0.2, 0.25) is 0 Å². The van der Waals surface area contributed by atoms with Gasteiger partial charge in [-0.2, -0.15) is 0 Å². The predicted octanol–water partition coefficient (Wildman–Crippen LogP) is 5.76. The van der Waals surface area contributed by atoms with Crippen molar-refractivity contribution in [2.75, 3.05) is 0 Å². The minimum absolute atomic E-state index is 0. The van der Waals surface area contributed by atoms with Crippen molar-refractivity contribution in [1.82, 2.24) is 5.32 Å². The van der Waals surface area contributed by atoms with Gasteiger partial charge in [-0.1, -0.05) is 19.3 Å². The minimum Gasteiger partial charge on any atom is -0.444 e. The van der Waals surface area contributed by atoms with E-state index in [-0.39, 0.29) is 27.9 Å². The Hall–Kier alpha value is -0.0605. The minimum atomic E-state index is -1.13. The second kappa shape index (κ2) is 13.7. The molecule has 2 atom stereocenters. The number of hydrogen-bond donors (Lipinski definition) is 1. The van der Waals surface area contributed by atoms with E-state index >= 15 is 0 Å². The molecule has 0 aliphatic heterocycles. The summed E-state index contributed by atoms with van der Waals surface area (Å²) in [4.78, 5) is 12.5. The topological polar surface area (TPSA) is 55.4 Å². The molecule has 0 heterocycles. The zero-order valence-corrected chi connectivity index (χ0v) is 22.2. The van der Waals surface area contributed by atoms with Crippen molar-refractivity contribution >= 4 is 16.9 Å². The van der Waals surface area contributed by atoms with Gasteiger partial charge in [0.15, 0.2) is 0 Å². The van der Waals surface area contributed by atoms with Gasteiger partial charge in [0.25, 0.3) is 0 Å². The van der Waals surface area contributed by atoms with E-state index in [1.165, 1.54) is 19.3 Å². The van der Waals surface area contributed by atoms with Crippen LogP contribution in [0.1, 0.15) is 73.6 Å². The Balaban J connectivity index is 0.000000750. The van der Waals surface area contributed by atoms with Crippen LogP contribution in [0.5, 0.6) is 0 Å². The molecular weight excluding hydrogens is 462 g/mol. The largest absolute Gasteiger partial charge is 2.00 e. The zero-order chi connectivity index (χ0) is 23.1. The normalized spacial score (nSPS) is 22.9. The summed E-state index contributed by atoms with van der Waals surface area (Å²) in [5.74, 6) is 1.34. The summed E-state index contributed by atoms with van der Waals surface area (Å²) in [6, 6.07) is -0.151. The van der Waals surface area contributed by atoms with Gasteiger partial charge < -0.3 is 10.1 Å². The number of hydrogen-bond acceptors (Lipinski definition) is 3. The van der Waals surface area contributed by atoms with Crippen molar-refractivity contribution in [1.29, 1.82) is 0 Å².